The highest BCUT2D eigenvalue weighted by Gasteiger charge is 2.22. The molecule has 1 aromatic rings. The molecule has 0 radical (unpaired) electrons. The van der Waals surface area contributed by atoms with Crippen LogP contribution in [0.15, 0.2) is 24.3 Å². The minimum absolute atomic E-state index is 0.430. The van der Waals surface area contributed by atoms with Crippen molar-refractivity contribution in [3.63, 3.8) is 0 Å². The lowest BCUT2D eigenvalue weighted by molar-refractivity contribution is 0.107. The quantitative estimate of drug-likeness (QED) is 0.848. The minimum Gasteiger partial charge on any atom is -0.380 e. The highest BCUT2D eigenvalue weighted by atomic mass is 16.5. The summed E-state index contributed by atoms with van der Waals surface area (Å²) >= 11 is 0. The lowest BCUT2D eigenvalue weighted by Crippen LogP contribution is -2.22. The number of benzene rings is 1. The summed E-state index contributed by atoms with van der Waals surface area (Å²) < 4.78 is 5.42. The summed E-state index contributed by atoms with van der Waals surface area (Å²) in [6, 6.07) is 9.77. The molecular weight excluding hydrogens is 236 g/mol. The molecule has 1 aliphatic carbocycles. The lowest BCUT2D eigenvalue weighted by atomic mass is 10.1. The molecule has 19 heavy (non-hydrogen) atoms. The Hall–Kier alpha value is -0.900. The van der Waals surface area contributed by atoms with Gasteiger partial charge in [0, 0.05) is 39.3 Å². The van der Waals surface area contributed by atoms with Gasteiger partial charge in [-0.2, -0.15) is 0 Å². The topological polar surface area (TPSA) is 24.5 Å². The predicted molar refractivity (Wildman–Crippen MR) is 77.0 cm³/mol. The van der Waals surface area contributed by atoms with E-state index in [1.807, 2.05) is 7.11 Å². The first-order valence-corrected chi connectivity index (χ1v) is 7.40. The van der Waals surface area contributed by atoms with Crippen molar-refractivity contribution in [3.8, 4) is 0 Å². The van der Waals surface area contributed by atoms with Gasteiger partial charge in [0.15, 0.2) is 0 Å². The van der Waals surface area contributed by atoms with E-state index in [0.717, 1.165) is 32.2 Å². The number of rotatable bonds is 6. The maximum Gasteiger partial charge on any atom is 0.0710 e. The molecule has 0 bridgehead atoms. The van der Waals surface area contributed by atoms with Gasteiger partial charge < -0.3 is 10.1 Å². The Morgan fingerprint density at radius 1 is 1.26 bits per heavy atom. The molecule has 1 aromatic carbocycles. The molecular formula is C16H24N2O. The van der Waals surface area contributed by atoms with Gasteiger partial charge >= 0.3 is 0 Å². The molecule has 2 fully saturated rings. The third-order valence-corrected chi connectivity index (χ3v) is 4.13. The molecule has 3 rings (SSSR count). The van der Waals surface area contributed by atoms with Crippen molar-refractivity contribution < 1.29 is 4.74 Å². The maximum absolute atomic E-state index is 5.42. The molecule has 1 saturated heterocycles. The van der Waals surface area contributed by atoms with Crippen molar-refractivity contribution in [2.45, 2.75) is 44.5 Å². The second kappa shape index (κ2) is 6.04. The number of methoxy groups -OCH3 is 1. The van der Waals surface area contributed by atoms with Crippen LogP contribution in [0.3, 0.4) is 0 Å². The number of likely N-dealkylation sites (tertiary alicyclic amines) is 1. The van der Waals surface area contributed by atoms with Gasteiger partial charge in [0.1, 0.15) is 0 Å². The molecule has 0 spiro atoms. The fraction of sp³-hybridized carbons (Fsp3) is 0.625. The number of nitrogens with one attached hydrogen (secondary N) is 1. The third kappa shape index (κ3) is 3.78. The van der Waals surface area contributed by atoms with E-state index in [1.54, 1.807) is 0 Å². The van der Waals surface area contributed by atoms with Crippen LogP contribution >= 0.6 is 0 Å². The van der Waals surface area contributed by atoms with Crippen LogP contribution in [0.4, 0.5) is 0 Å². The van der Waals surface area contributed by atoms with E-state index < -0.39 is 0 Å². The van der Waals surface area contributed by atoms with Crippen LogP contribution in [-0.4, -0.2) is 37.2 Å². The van der Waals surface area contributed by atoms with Crippen LogP contribution in [-0.2, 0) is 17.8 Å². The summed E-state index contributed by atoms with van der Waals surface area (Å²) in [5.74, 6) is 0. The first-order valence-electron chi connectivity index (χ1n) is 7.40. The summed E-state index contributed by atoms with van der Waals surface area (Å²) in [6.07, 6.45) is 4.30. The molecule has 0 amide bonds. The Labute approximate surface area is 115 Å². The fourth-order valence-electron chi connectivity index (χ4n) is 2.78. The van der Waals surface area contributed by atoms with Crippen molar-refractivity contribution >= 4 is 0 Å². The summed E-state index contributed by atoms with van der Waals surface area (Å²) in [6.45, 7) is 4.29. The Balaban J connectivity index is 1.53. The highest BCUT2D eigenvalue weighted by Crippen LogP contribution is 2.20. The largest absolute Gasteiger partial charge is 0.380 e. The van der Waals surface area contributed by atoms with E-state index in [-0.39, 0.29) is 0 Å². The molecule has 1 unspecified atom stereocenters. The highest BCUT2D eigenvalue weighted by molar-refractivity contribution is 5.23. The van der Waals surface area contributed by atoms with Gasteiger partial charge in [-0.3, -0.25) is 4.90 Å². The molecule has 104 valence electrons. The van der Waals surface area contributed by atoms with E-state index in [2.05, 4.69) is 34.5 Å². The second-order valence-corrected chi connectivity index (χ2v) is 5.86. The van der Waals surface area contributed by atoms with E-state index in [1.165, 1.54) is 30.4 Å². The van der Waals surface area contributed by atoms with E-state index in [9.17, 15) is 0 Å². The monoisotopic (exact) mass is 260 g/mol. The average molecular weight is 260 g/mol. The molecule has 1 N–H and O–H groups in total. The first kappa shape index (κ1) is 13.1. The molecule has 1 atom stereocenters. The minimum atomic E-state index is 0.430. The van der Waals surface area contributed by atoms with Crippen LogP contribution in [0.5, 0.6) is 0 Å². The van der Waals surface area contributed by atoms with Gasteiger partial charge in [-0.05, 0) is 30.4 Å². The van der Waals surface area contributed by atoms with Gasteiger partial charge in [0.05, 0.1) is 6.10 Å². The number of nitrogens with zero attached hydrogens (tertiary/aromatic N) is 1. The SMILES string of the molecule is COC1CCN(Cc2cccc(CNC3CC3)c2)C1. The Bertz CT molecular complexity index is 417. The molecule has 3 heteroatoms. The molecule has 3 nitrogen and oxygen atoms in total. The maximum atomic E-state index is 5.42. The van der Waals surface area contributed by atoms with E-state index >= 15 is 0 Å². The summed E-state index contributed by atoms with van der Waals surface area (Å²) in [5.41, 5.74) is 2.83. The zero-order valence-electron chi connectivity index (χ0n) is 11.8. The van der Waals surface area contributed by atoms with E-state index in [4.69, 9.17) is 4.74 Å². The Morgan fingerprint density at radius 2 is 2.11 bits per heavy atom. The van der Waals surface area contributed by atoms with E-state index in [0.29, 0.717) is 6.10 Å². The molecule has 0 aromatic heterocycles. The predicted octanol–water partition coefficient (Wildman–Crippen LogP) is 2.16. The summed E-state index contributed by atoms with van der Waals surface area (Å²) in [5, 5.41) is 3.58. The third-order valence-electron chi connectivity index (χ3n) is 4.13. The fourth-order valence-corrected chi connectivity index (χ4v) is 2.78. The van der Waals surface area contributed by atoms with Crippen LogP contribution < -0.4 is 5.32 Å². The van der Waals surface area contributed by atoms with Gasteiger partial charge in [-0.15, -0.1) is 0 Å². The Kier molecular flexibility index (Phi) is 4.16. The van der Waals surface area contributed by atoms with Crippen LogP contribution in [0, 0.1) is 0 Å². The van der Waals surface area contributed by atoms with Crippen molar-refractivity contribution in [2.75, 3.05) is 20.2 Å². The average Bonchev–Trinajstić information content (AvgIpc) is 3.16. The van der Waals surface area contributed by atoms with Crippen molar-refractivity contribution in [1.29, 1.82) is 0 Å². The first-order chi connectivity index (χ1) is 9.33. The molecule has 1 saturated carbocycles. The van der Waals surface area contributed by atoms with Gasteiger partial charge in [-0.1, -0.05) is 24.3 Å². The van der Waals surface area contributed by atoms with Crippen LogP contribution in [0.2, 0.25) is 0 Å². The zero-order valence-corrected chi connectivity index (χ0v) is 11.8. The van der Waals surface area contributed by atoms with Crippen molar-refractivity contribution in [3.05, 3.63) is 35.4 Å². The zero-order chi connectivity index (χ0) is 13.1. The standard InChI is InChI=1S/C16H24N2O/c1-19-16-7-8-18(12-16)11-14-4-2-3-13(9-14)10-17-15-5-6-15/h2-4,9,15-17H,5-8,10-12H2,1H3. The molecule has 1 aliphatic heterocycles. The second-order valence-electron chi connectivity index (χ2n) is 5.86. The summed E-state index contributed by atoms with van der Waals surface area (Å²) in [7, 11) is 1.82. The van der Waals surface area contributed by atoms with Crippen LogP contribution in [0.1, 0.15) is 30.4 Å². The number of hydrogen-bond donors (Lipinski definition) is 1. The number of ether oxygens (including phenoxy) is 1. The van der Waals surface area contributed by atoms with Gasteiger partial charge in [0.2, 0.25) is 0 Å². The van der Waals surface area contributed by atoms with Crippen molar-refractivity contribution in [2.24, 2.45) is 0 Å². The van der Waals surface area contributed by atoms with Crippen LogP contribution in [0.25, 0.3) is 0 Å². The van der Waals surface area contributed by atoms with Gasteiger partial charge in [0.25, 0.3) is 0 Å². The van der Waals surface area contributed by atoms with Crippen molar-refractivity contribution in [1.82, 2.24) is 10.2 Å². The number of hydrogen-bond acceptors (Lipinski definition) is 3. The summed E-state index contributed by atoms with van der Waals surface area (Å²) in [4.78, 5) is 2.49. The van der Waals surface area contributed by atoms with Gasteiger partial charge in [-0.25, -0.2) is 0 Å². The molecule has 1 heterocycles. The Morgan fingerprint density at radius 3 is 2.84 bits per heavy atom. The molecule has 2 aliphatic rings. The normalized spacial score (nSPS) is 23.9. The lowest BCUT2D eigenvalue weighted by Gasteiger charge is -2.16. The smallest absolute Gasteiger partial charge is 0.0710 e.